The van der Waals surface area contributed by atoms with E-state index in [1.807, 2.05) is 0 Å². The van der Waals surface area contributed by atoms with Gasteiger partial charge in [0.2, 0.25) is 11.9 Å². The van der Waals surface area contributed by atoms with Gasteiger partial charge in [0.25, 0.3) is 5.56 Å². The van der Waals surface area contributed by atoms with Crippen molar-refractivity contribution in [3.8, 4) is 0 Å². The van der Waals surface area contributed by atoms with Crippen LogP contribution in [0, 0.1) is 6.92 Å². The minimum Gasteiger partial charge on any atom is -0.296 e. The highest BCUT2D eigenvalue weighted by molar-refractivity contribution is 6.30. The molecule has 0 unspecified atom stereocenters. The third-order valence-electron chi connectivity index (χ3n) is 1.39. The zero-order valence-corrected chi connectivity index (χ0v) is 7.90. The standard InChI is InChI=1S/C7H8ClN3O2/c1-3-5(8)10-7(9-4(2)12)11-6(3)13/h1-2H3,(H2,9,10,11,12,13). The Balaban J connectivity index is 3.13. The first-order chi connectivity index (χ1) is 6.00. The Morgan fingerprint density at radius 1 is 1.62 bits per heavy atom. The van der Waals surface area contributed by atoms with E-state index >= 15 is 0 Å². The molecule has 2 N–H and O–H groups in total. The number of carbonyl (C=O) groups is 1. The molecule has 0 bridgehead atoms. The molecular formula is C7H8ClN3O2. The number of aromatic nitrogens is 2. The molecular weight excluding hydrogens is 194 g/mol. The highest BCUT2D eigenvalue weighted by Gasteiger charge is 2.05. The molecule has 0 aromatic carbocycles. The van der Waals surface area contributed by atoms with Crippen molar-refractivity contribution in [2.75, 3.05) is 5.32 Å². The molecule has 1 aromatic heterocycles. The SMILES string of the molecule is CC(=O)Nc1nc(Cl)c(C)c(=O)[nH]1. The maximum absolute atomic E-state index is 11.1. The number of hydrogen-bond donors (Lipinski definition) is 2. The lowest BCUT2D eigenvalue weighted by atomic mass is 10.4. The average Bonchev–Trinajstić information content (AvgIpc) is 1.98. The lowest BCUT2D eigenvalue weighted by molar-refractivity contribution is -0.114. The second kappa shape index (κ2) is 3.57. The lowest BCUT2D eigenvalue weighted by Crippen LogP contribution is -2.17. The monoisotopic (exact) mass is 201 g/mol. The molecule has 5 nitrogen and oxygen atoms in total. The van der Waals surface area contributed by atoms with E-state index in [2.05, 4.69) is 15.3 Å². The van der Waals surface area contributed by atoms with Gasteiger partial charge in [-0.1, -0.05) is 11.6 Å². The van der Waals surface area contributed by atoms with E-state index in [4.69, 9.17) is 11.6 Å². The molecule has 0 aliphatic heterocycles. The minimum absolute atomic E-state index is 0.0631. The molecule has 0 saturated carbocycles. The van der Waals surface area contributed by atoms with E-state index in [-0.39, 0.29) is 22.6 Å². The normalized spacial score (nSPS) is 9.77. The maximum atomic E-state index is 11.1. The molecule has 1 aromatic rings. The van der Waals surface area contributed by atoms with Crippen LogP contribution in [-0.2, 0) is 4.79 Å². The molecule has 0 saturated heterocycles. The van der Waals surface area contributed by atoms with Crippen LogP contribution < -0.4 is 10.9 Å². The highest BCUT2D eigenvalue weighted by Crippen LogP contribution is 2.08. The van der Waals surface area contributed by atoms with E-state index in [1.54, 1.807) is 6.92 Å². The van der Waals surface area contributed by atoms with Gasteiger partial charge in [-0.25, -0.2) is 4.98 Å². The van der Waals surface area contributed by atoms with Gasteiger partial charge in [-0.05, 0) is 6.92 Å². The summed E-state index contributed by atoms with van der Waals surface area (Å²) in [5.74, 6) is -0.254. The van der Waals surface area contributed by atoms with Crippen LogP contribution in [0.2, 0.25) is 5.15 Å². The van der Waals surface area contributed by atoms with Gasteiger partial charge in [0, 0.05) is 6.92 Å². The van der Waals surface area contributed by atoms with Gasteiger partial charge in [-0.15, -0.1) is 0 Å². The van der Waals surface area contributed by atoms with Crippen LogP contribution >= 0.6 is 11.6 Å². The summed E-state index contributed by atoms with van der Waals surface area (Å²) < 4.78 is 0. The molecule has 13 heavy (non-hydrogen) atoms. The number of rotatable bonds is 1. The second-order valence-electron chi connectivity index (χ2n) is 2.51. The highest BCUT2D eigenvalue weighted by atomic mass is 35.5. The number of halogens is 1. The van der Waals surface area contributed by atoms with Crippen LogP contribution in [0.3, 0.4) is 0 Å². The van der Waals surface area contributed by atoms with Crippen LogP contribution in [0.25, 0.3) is 0 Å². The summed E-state index contributed by atoms with van der Waals surface area (Å²) in [7, 11) is 0. The number of anilines is 1. The molecule has 0 spiro atoms. The van der Waals surface area contributed by atoms with E-state index in [9.17, 15) is 9.59 Å². The summed E-state index contributed by atoms with van der Waals surface area (Å²) in [6, 6.07) is 0. The van der Waals surface area contributed by atoms with Crippen LogP contribution in [0.15, 0.2) is 4.79 Å². The summed E-state index contributed by atoms with van der Waals surface area (Å²) in [6.07, 6.45) is 0. The Morgan fingerprint density at radius 2 is 2.23 bits per heavy atom. The Bertz CT molecular complexity index is 399. The zero-order valence-electron chi connectivity index (χ0n) is 7.14. The van der Waals surface area contributed by atoms with Gasteiger partial charge in [0.05, 0.1) is 5.56 Å². The second-order valence-corrected chi connectivity index (χ2v) is 2.87. The number of nitrogens with one attached hydrogen (secondary N) is 2. The Labute approximate surface area is 79.1 Å². The summed E-state index contributed by atoms with van der Waals surface area (Å²) >= 11 is 5.62. The molecule has 0 atom stereocenters. The molecule has 70 valence electrons. The van der Waals surface area contributed by atoms with Crippen LogP contribution in [0.4, 0.5) is 5.95 Å². The fraction of sp³-hybridized carbons (Fsp3) is 0.286. The van der Waals surface area contributed by atoms with Crippen molar-refractivity contribution < 1.29 is 4.79 Å². The van der Waals surface area contributed by atoms with E-state index < -0.39 is 0 Å². The number of aromatic amines is 1. The first-order valence-corrected chi connectivity index (χ1v) is 3.92. The van der Waals surface area contributed by atoms with Crippen molar-refractivity contribution in [1.29, 1.82) is 0 Å². The van der Waals surface area contributed by atoms with E-state index in [0.29, 0.717) is 5.56 Å². The predicted octanol–water partition coefficient (Wildman–Crippen LogP) is 0.690. The third kappa shape index (κ3) is 2.29. The van der Waals surface area contributed by atoms with Crippen molar-refractivity contribution in [3.05, 3.63) is 21.1 Å². The first kappa shape index (κ1) is 9.73. The Morgan fingerprint density at radius 3 is 2.69 bits per heavy atom. The van der Waals surface area contributed by atoms with Crippen molar-refractivity contribution in [2.45, 2.75) is 13.8 Å². The third-order valence-corrected chi connectivity index (χ3v) is 1.75. The largest absolute Gasteiger partial charge is 0.296 e. The lowest BCUT2D eigenvalue weighted by Gasteiger charge is -2.01. The molecule has 1 amide bonds. The maximum Gasteiger partial charge on any atom is 0.256 e. The first-order valence-electron chi connectivity index (χ1n) is 3.54. The topological polar surface area (TPSA) is 74.8 Å². The van der Waals surface area contributed by atoms with Crippen molar-refractivity contribution in [1.82, 2.24) is 9.97 Å². The summed E-state index contributed by atoms with van der Waals surface area (Å²) in [5.41, 5.74) is -0.0282. The van der Waals surface area contributed by atoms with Gasteiger partial charge in [0.1, 0.15) is 5.15 Å². The van der Waals surface area contributed by atoms with Crippen molar-refractivity contribution >= 4 is 23.5 Å². The predicted molar refractivity (Wildman–Crippen MR) is 48.9 cm³/mol. The summed E-state index contributed by atoms with van der Waals surface area (Å²) in [4.78, 5) is 27.8. The summed E-state index contributed by atoms with van der Waals surface area (Å²) in [6.45, 7) is 2.86. The molecule has 1 rings (SSSR count). The fourth-order valence-corrected chi connectivity index (χ4v) is 0.901. The van der Waals surface area contributed by atoms with Gasteiger partial charge in [0.15, 0.2) is 0 Å². The molecule has 0 fully saturated rings. The van der Waals surface area contributed by atoms with Gasteiger partial charge in [-0.2, -0.15) is 0 Å². The minimum atomic E-state index is -0.358. The Kier molecular flexibility index (Phi) is 2.67. The van der Waals surface area contributed by atoms with Gasteiger partial charge < -0.3 is 0 Å². The number of amides is 1. The number of H-pyrrole nitrogens is 1. The molecule has 0 radical (unpaired) electrons. The number of hydrogen-bond acceptors (Lipinski definition) is 3. The number of nitrogens with zero attached hydrogens (tertiary/aromatic N) is 1. The average molecular weight is 202 g/mol. The van der Waals surface area contributed by atoms with Crippen LogP contribution in [0.5, 0.6) is 0 Å². The van der Waals surface area contributed by atoms with Crippen molar-refractivity contribution in [2.24, 2.45) is 0 Å². The quantitative estimate of drug-likeness (QED) is 0.657. The smallest absolute Gasteiger partial charge is 0.256 e. The van der Waals surface area contributed by atoms with Crippen molar-refractivity contribution in [3.63, 3.8) is 0 Å². The van der Waals surface area contributed by atoms with Gasteiger partial charge in [-0.3, -0.25) is 19.9 Å². The van der Waals surface area contributed by atoms with Crippen LogP contribution in [0.1, 0.15) is 12.5 Å². The zero-order chi connectivity index (χ0) is 10.0. The number of carbonyl (C=O) groups excluding carboxylic acids is 1. The molecule has 1 heterocycles. The fourth-order valence-electron chi connectivity index (χ4n) is 0.731. The van der Waals surface area contributed by atoms with Gasteiger partial charge >= 0.3 is 0 Å². The molecule has 6 heteroatoms. The molecule has 0 aliphatic carbocycles. The molecule has 0 aliphatic rings. The van der Waals surface area contributed by atoms with Crippen LogP contribution in [-0.4, -0.2) is 15.9 Å². The summed E-state index contributed by atoms with van der Waals surface area (Å²) in [5, 5.41) is 2.41. The van der Waals surface area contributed by atoms with E-state index in [0.717, 1.165) is 0 Å². The Hall–Kier alpha value is -1.36. The van der Waals surface area contributed by atoms with E-state index in [1.165, 1.54) is 6.92 Å².